The van der Waals surface area contributed by atoms with Gasteiger partial charge in [0.2, 0.25) is 5.82 Å². The van der Waals surface area contributed by atoms with Crippen LogP contribution in [0.4, 0.5) is 16.3 Å². The fraction of sp³-hybridized carbons (Fsp3) is 0.273. The summed E-state index contributed by atoms with van der Waals surface area (Å²) in [4.78, 5) is 26.1. The van der Waals surface area contributed by atoms with Gasteiger partial charge in [-0.15, -0.1) is 0 Å². The minimum absolute atomic E-state index is 0.153. The molecule has 0 spiro atoms. The van der Waals surface area contributed by atoms with Crippen LogP contribution in [0, 0.1) is 10.1 Å². The molecule has 1 amide bonds. The van der Waals surface area contributed by atoms with Gasteiger partial charge >= 0.3 is 11.8 Å². The maximum Gasteiger partial charge on any atom is 0.407 e. The number of hydrogen-bond donors (Lipinski definition) is 2. The largest absolute Gasteiger partial charge is 0.465 e. The standard InChI is InChI=1S/C11H12N4O4/c12-10-9(15(18)19)4-8(5-13-10)7-2-1-3-14(6-7)11(16)17/h2,4-5H,1,3,6H2,(H2,12,13)(H,16,17). The SMILES string of the molecule is Nc1ncc(C2=CCCN(C(=O)O)C2)cc1[N+](=O)[O-]. The van der Waals surface area contributed by atoms with Crippen molar-refractivity contribution in [1.29, 1.82) is 0 Å². The fourth-order valence-electron chi connectivity index (χ4n) is 1.90. The molecule has 2 heterocycles. The molecule has 8 nitrogen and oxygen atoms in total. The van der Waals surface area contributed by atoms with Crippen molar-refractivity contribution in [2.75, 3.05) is 18.8 Å². The Bertz CT molecular complexity index is 570. The van der Waals surface area contributed by atoms with E-state index in [4.69, 9.17) is 10.8 Å². The van der Waals surface area contributed by atoms with Gasteiger partial charge in [0, 0.05) is 30.9 Å². The van der Waals surface area contributed by atoms with Gasteiger partial charge < -0.3 is 15.7 Å². The number of nitrogens with two attached hydrogens (primary N) is 1. The highest BCUT2D eigenvalue weighted by atomic mass is 16.6. The van der Waals surface area contributed by atoms with Crippen LogP contribution in [0.5, 0.6) is 0 Å². The zero-order valence-electron chi connectivity index (χ0n) is 9.94. The third kappa shape index (κ3) is 2.62. The van der Waals surface area contributed by atoms with Gasteiger partial charge in [-0.1, -0.05) is 6.08 Å². The number of anilines is 1. The lowest BCUT2D eigenvalue weighted by Crippen LogP contribution is -2.34. The molecule has 0 saturated heterocycles. The van der Waals surface area contributed by atoms with Crippen molar-refractivity contribution < 1.29 is 14.8 Å². The molecule has 0 radical (unpaired) electrons. The summed E-state index contributed by atoms with van der Waals surface area (Å²) < 4.78 is 0. The summed E-state index contributed by atoms with van der Waals surface area (Å²) in [5.41, 5.74) is 6.36. The second kappa shape index (κ2) is 4.92. The molecule has 0 fully saturated rings. The molecule has 0 aliphatic carbocycles. The van der Waals surface area contributed by atoms with E-state index in [9.17, 15) is 14.9 Å². The molecule has 19 heavy (non-hydrogen) atoms. The number of pyridine rings is 1. The Kier molecular flexibility index (Phi) is 3.32. The normalized spacial score (nSPS) is 14.9. The first-order valence-electron chi connectivity index (χ1n) is 5.56. The molecule has 1 aliphatic rings. The molecule has 0 bridgehead atoms. The van der Waals surface area contributed by atoms with Gasteiger partial charge in [0.1, 0.15) is 0 Å². The van der Waals surface area contributed by atoms with Crippen LogP contribution < -0.4 is 5.73 Å². The van der Waals surface area contributed by atoms with Gasteiger partial charge in [-0.2, -0.15) is 0 Å². The van der Waals surface area contributed by atoms with E-state index in [2.05, 4.69) is 4.98 Å². The molecule has 0 aromatic carbocycles. The van der Waals surface area contributed by atoms with Crippen molar-refractivity contribution in [2.24, 2.45) is 0 Å². The molecule has 100 valence electrons. The van der Waals surface area contributed by atoms with E-state index in [1.54, 1.807) is 0 Å². The van der Waals surface area contributed by atoms with Crippen LogP contribution in [0.2, 0.25) is 0 Å². The Hall–Kier alpha value is -2.64. The highest BCUT2D eigenvalue weighted by Crippen LogP contribution is 2.26. The van der Waals surface area contributed by atoms with Crippen molar-refractivity contribution in [3.8, 4) is 0 Å². The summed E-state index contributed by atoms with van der Waals surface area (Å²) in [6, 6.07) is 1.32. The molecule has 3 N–H and O–H groups in total. The number of carbonyl (C=O) groups is 1. The second-order valence-electron chi connectivity index (χ2n) is 4.11. The van der Waals surface area contributed by atoms with Crippen LogP contribution in [0.3, 0.4) is 0 Å². The molecule has 1 aromatic heterocycles. The van der Waals surface area contributed by atoms with Crippen LogP contribution in [0.1, 0.15) is 12.0 Å². The van der Waals surface area contributed by atoms with Gasteiger partial charge in [0.25, 0.3) is 0 Å². The van der Waals surface area contributed by atoms with Gasteiger partial charge in [-0.05, 0) is 12.0 Å². The molecule has 8 heteroatoms. The minimum atomic E-state index is -1.01. The van der Waals surface area contributed by atoms with Crippen LogP contribution >= 0.6 is 0 Å². The summed E-state index contributed by atoms with van der Waals surface area (Å²) in [5.74, 6) is -0.153. The number of carboxylic acid groups (broad SMARTS) is 1. The van der Waals surface area contributed by atoms with E-state index in [1.807, 2.05) is 6.08 Å². The van der Waals surface area contributed by atoms with Crippen LogP contribution in [0.25, 0.3) is 5.57 Å². The summed E-state index contributed by atoms with van der Waals surface area (Å²) in [6.45, 7) is 0.613. The van der Waals surface area contributed by atoms with Crippen molar-refractivity contribution >= 4 is 23.2 Å². The van der Waals surface area contributed by atoms with E-state index in [-0.39, 0.29) is 18.1 Å². The molecular formula is C11H12N4O4. The van der Waals surface area contributed by atoms with Crippen LogP contribution in [-0.4, -0.2) is 39.1 Å². The third-order valence-electron chi connectivity index (χ3n) is 2.89. The van der Waals surface area contributed by atoms with Crippen molar-refractivity contribution in [1.82, 2.24) is 9.88 Å². The Morgan fingerprint density at radius 3 is 2.95 bits per heavy atom. The Morgan fingerprint density at radius 1 is 1.58 bits per heavy atom. The zero-order chi connectivity index (χ0) is 14.0. The lowest BCUT2D eigenvalue weighted by molar-refractivity contribution is -0.384. The molecule has 2 rings (SSSR count). The van der Waals surface area contributed by atoms with Crippen LogP contribution in [-0.2, 0) is 0 Å². The number of amides is 1. The van der Waals surface area contributed by atoms with E-state index in [1.165, 1.54) is 17.2 Å². The highest BCUT2D eigenvalue weighted by Gasteiger charge is 2.21. The highest BCUT2D eigenvalue weighted by molar-refractivity contribution is 5.75. The lowest BCUT2D eigenvalue weighted by atomic mass is 10.0. The smallest absolute Gasteiger partial charge is 0.407 e. The monoisotopic (exact) mass is 264 g/mol. The Balaban J connectivity index is 2.32. The van der Waals surface area contributed by atoms with Crippen LogP contribution in [0.15, 0.2) is 18.3 Å². The zero-order valence-corrected chi connectivity index (χ0v) is 9.94. The van der Waals surface area contributed by atoms with Gasteiger partial charge in [-0.3, -0.25) is 10.1 Å². The first-order chi connectivity index (χ1) is 8.99. The topological polar surface area (TPSA) is 123 Å². The number of nitrogen functional groups attached to an aromatic ring is 1. The average molecular weight is 264 g/mol. The van der Waals surface area contributed by atoms with E-state index in [0.29, 0.717) is 24.1 Å². The number of rotatable bonds is 2. The maximum atomic E-state index is 10.9. The third-order valence-corrected chi connectivity index (χ3v) is 2.89. The first kappa shape index (κ1) is 12.8. The average Bonchev–Trinajstić information content (AvgIpc) is 2.39. The van der Waals surface area contributed by atoms with E-state index >= 15 is 0 Å². The van der Waals surface area contributed by atoms with Gasteiger partial charge in [-0.25, -0.2) is 9.78 Å². The predicted octanol–water partition coefficient (Wildman–Crippen LogP) is 1.34. The Morgan fingerprint density at radius 2 is 2.32 bits per heavy atom. The number of hydrogen-bond acceptors (Lipinski definition) is 5. The maximum absolute atomic E-state index is 10.9. The molecule has 0 atom stereocenters. The van der Waals surface area contributed by atoms with Crippen molar-refractivity contribution in [3.05, 3.63) is 34.0 Å². The quantitative estimate of drug-likeness (QED) is 0.613. The molecule has 1 aromatic rings. The number of nitro groups is 1. The van der Waals surface area contributed by atoms with E-state index in [0.717, 1.165) is 0 Å². The predicted molar refractivity (Wildman–Crippen MR) is 67.5 cm³/mol. The van der Waals surface area contributed by atoms with E-state index < -0.39 is 11.0 Å². The number of nitrogens with zero attached hydrogens (tertiary/aromatic N) is 3. The van der Waals surface area contributed by atoms with Gasteiger partial charge in [0.05, 0.1) is 4.92 Å². The lowest BCUT2D eigenvalue weighted by Gasteiger charge is -2.24. The molecule has 1 aliphatic heterocycles. The summed E-state index contributed by atoms with van der Waals surface area (Å²) >= 11 is 0. The van der Waals surface area contributed by atoms with Crippen molar-refractivity contribution in [3.63, 3.8) is 0 Å². The molecule has 0 unspecified atom stereocenters. The summed E-state index contributed by atoms with van der Waals surface area (Å²) in [7, 11) is 0. The minimum Gasteiger partial charge on any atom is -0.465 e. The Labute approximate surface area is 108 Å². The first-order valence-corrected chi connectivity index (χ1v) is 5.56. The van der Waals surface area contributed by atoms with Gasteiger partial charge in [0.15, 0.2) is 0 Å². The second-order valence-corrected chi connectivity index (χ2v) is 4.11. The van der Waals surface area contributed by atoms with Crippen molar-refractivity contribution in [2.45, 2.75) is 6.42 Å². The fourth-order valence-corrected chi connectivity index (χ4v) is 1.90. The summed E-state index contributed by atoms with van der Waals surface area (Å²) in [6.07, 6.45) is 2.83. The summed E-state index contributed by atoms with van der Waals surface area (Å²) in [5, 5.41) is 19.7. The molecule has 0 saturated carbocycles. The molecular weight excluding hydrogens is 252 g/mol. The number of aromatic nitrogens is 1.